The van der Waals surface area contributed by atoms with E-state index in [1.165, 1.54) is 5.56 Å². The molecule has 0 bridgehead atoms. The van der Waals surface area contributed by atoms with E-state index >= 15 is 0 Å². The zero-order valence-electron chi connectivity index (χ0n) is 8.58. The molecule has 14 heavy (non-hydrogen) atoms. The van der Waals surface area contributed by atoms with Crippen molar-refractivity contribution in [2.45, 2.75) is 13.8 Å². The average molecular weight is 186 g/mol. The van der Waals surface area contributed by atoms with Crippen LogP contribution in [0.15, 0.2) is 30.0 Å². The second kappa shape index (κ2) is 5.14. The molecule has 1 heteroatoms. The van der Waals surface area contributed by atoms with E-state index in [-0.39, 0.29) is 0 Å². The molecule has 0 aliphatic heterocycles. The number of hydrogen-bond donors (Lipinski definition) is 0. The van der Waals surface area contributed by atoms with Crippen LogP contribution in [-0.4, -0.2) is 6.61 Å². The summed E-state index contributed by atoms with van der Waals surface area (Å²) in [6.45, 7) is 4.57. The van der Waals surface area contributed by atoms with E-state index in [0.29, 0.717) is 12.4 Å². The lowest BCUT2D eigenvalue weighted by atomic mass is 10.1. The zero-order chi connectivity index (χ0) is 10.4. The summed E-state index contributed by atoms with van der Waals surface area (Å²) in [5.41, 5.74) is 2.30. The Morgan fingerprint density at radius 3 is 2.57 bits per heavy atom. The molecular weight excluding hydrogens is 172 g/mol. The first-order chi connectivity index (χ1) is 6.76. The maximum Gasteiger partial charge on any atom is 0.170 e. The molecule has 0 aromatic heterocycles. The second-order valence-corrected chi connectivity index (χ2v) is 3.00. The minimum Gasteiger partial charge on any atom is -0.486 e. The molecule has 0 fully saturated rings. The molecule has 0 amide bonds. The van der Waals surface area contributed by atoms with Crippen LogP contribution < -0.4 is 0 Å². The molecule has 1 aromatic carbocycles. The largest absolute Gasteiger partial charge is 0.486 e. The minimum absolute atomic E-state index is 0.580. The number of benzene rings is 1. The highest BCUT2D eigenvalue weighted by Crippen LogP contribution is 2.08. The van der Waals surface area contributed by atoms with Crippen LogP contribution in [0.3, 0.4) is 0 Å². The molecule has 72 valence electrons. The summed E-state index contributed by atoms with van der Waals surface area (Å²) in [5, 5.41) is 0. The number of allylic oxidation sites excluding steroid dienone is 1. The van der Waals surface area contributed by atoms with E-state index in [9.17, 15) is 0 Å². The molecular formula is C13H14O. The van der Waals surface area contributed by atoms with E-state index in [2.05, 4.69) is 12.8 Å². The molecule has 0 N–H and O–H groups in total. The van der Waals surface area contributed by atoms with Crippen molar-refractivity contribution in [2.75, 3.05) is 6.61 Å². The smallest absolute Gasteiger partial charge is 0.170 e. The fourth-order valence-corrected chi connectivity index (χ4v) is 1.09. The van der Waals surface area contributed by atoms with E-state index in [4.69, 9.17) is 11.2 Å². The van der Waals surface area contributed by atoms with Crippen LogP contribution in [-0.2, 0) is 4.74 Å². The molecule has 0 unspecified atom stereocenters. The van der Waals surface area contributed by atoms with Crippen LogP contribution in [0.2, 0.25) is 0 Å². The van der Waals surface area contributed by atoms with Crippen molar-refractivity contribution < 1.29 is 4.74 Å². The maximum absolute atomic E-state index is 5.29. The summed E-state index contributed by atoms with van der Waals surface area (Å²) < 4.78 is 5.25. The summed E-state index contributed by atoms with van der Waals surface area (Å²) in [5.74, 6) is 3.08. The quantitative estimate of drug-likeness (QED) is 0.521. The van der Waals surface area contributed by atoms with Crippen molar-refractivity contribution in [2.24, 2.45) is 0 Å². The Hall–Kier alpha value is -1.68. The summed E-state index contributed by atoms with van der Waals surface area (Å²) in [4.78, 5) is 0. The number of aryl methyl sites for hydroxylation is 1. The van der Waals surface area contributed by atoms with E-state index in [1.807, 2.05) is 37.3 Å². The van der Waals surface area contributed by atoms with Crippen LogP contribution in [0.4, 0.5) is 0 Å². The van der Waals surface area contributed by atoms with Crippen molar-refractivity contribution >= 4 is 6.08 Å². The number of rotatable bonds is 3. The lowest BCUT2D eigenvalue weighted by molar-refractivity contribution is 0.249. The molecule has 1 rings (SSSR count). The molecule has 0 spiro atoms. The fraction of sp³-hybridized carbons (Fsp3) is 0.231. The summed E-state index contributed by atoms with van der Waals surface area (Å²) in [7, 11) is 0. The van der Waals surface area contributed by atoms with Gasteiger partial charge in [0.2, 0.25) is 0 Å². The molecule has 0 atom stereocenters. The Kier molecular flexibility index (Phi) is 3.82. The highest BCUT2D eigenvalue weighted by Gasteiger charge is 1.93. The van der Waals surface area contributed by atoms with Crippen LogP contribution in [0, 0.1) is 19.3 Å². The highest BCUT2D eigenvalue weighted by atomic mass is 16.5. The van der Waals surface area contributed by atoms with Crippen LogP contribution in [0.25, 0.3) is 6.08 Å². The van der Waals surface area contributed by atoms with Crippen LogP contribution in [0.5, 0.6) is 0 Å². The molecule has 1 nitrogen and oxygen atoms in total. The van der Waals surface area contributed by atoms with E-state index in [1.54, 1.807) is 0 Å². The van der Waals surface area contributed by atoms with E-state index in [0.717, 1.165) is 5.56 Å². The molecule has 1 aromatic rings. The first kappa shape index (κ1) is 10.4. The number of hydrogen-bond acceptors (Lipinski definition) is 1. The van der Waals surface area contributed by atoms with Crippen molar-refractivity contribution in [1.29, 1.82) is 0 Å². The highest BCUT2D eigenvalue weighted by molar-refractivity contribution is 5.55. The Morgan fingerprint density at radius 2 is 2.07 bits per heavy atom. The van der Waals surface area contributed by atoms with Gasteiger partial charge >= 0.3 is 0 Å². The molecule has 0 aliphatic carbocycles. The van der Waals surface area contributed by atoms with Gasteiger partial charge in [-0.2, -0.15) is 0 Å². The first-order valence-electron chi connectivity index (χ1n) is 4.64. The SMILES string of the molecule is C#C/C(=C\c1ccc(C)cc1)OCC. The van der Waals surface area contributed by atoms with Gasteiger partial charge in [-0.05, 0) is 31.4 Å². The summed E-state index contributed by atoms with van der Waals surface area (Å²) in [6, 6.07) is 8.13. The van der Waals surface area contributed by atoms with Gasteiger partial charge < -0.3 is 4.74 Å². The van der Waals surface area contributed by atoms with Gasteiger partial charge in [-0.3, -0.25) is 0 Å². The van der Waals surface area contributed by atoms with Gasteiger partial charge in [-0.15, -0.1) is 6.42 Å². The molecule has 0 aliphatic rings. The van der Waals surface area contributed by atoms with Crippen molar-refractivity contribution in [1.82, 2.24) is 0 Å². The van der Waals surface area contributed by atoms with Gasteiger partial charge in [0.05, 0.1) is 6.61 Å². The van der Waals surface area contributed by atoms with Gasteiger partial charge in [0.25, 0.3) is 0 Å². The molecule has 0 saturated heterocycles. The van der Waals surface area contributed by atoms with Crippen molar-refractivity contribution in [3.05, 3.63) is 41.2 Å². The third-order valence-corrected chi connectivity index (χ3v) is 1.82. The normalized spacial score (nSPS) is 10.8. The Bertz CT molecular complexity index is 352. The topological polar surface area (TPSA) is 9.23 Å². The van der Waals surface area contributed by atoms with Gasteiger partial charge in [-0.1, -0.05) is 29.8 Å². The predicted molar refractivity (Wildman–Crippen MR) is 59.6 cm³/mol. The Balaban J connectivity index is 2.85. The standard InChI is InChI=1S/C13H14O/c1-4-13(14-5-2)10-12-8-6-11(3)7-9-12/h1,6-10H,5H2,2-3H3/b13-10+. The lowest BCUT2D eigenvalue weighted by Crippen LogP contribution is -1.88. The van der Waals surface area contributed by atoms with Gasteiger partial charge in [0.15, 0.2) is 5.76 Å². The lowest BCUT2D eigenvalue weighted by Gasteiger charge is -2.01. The average Bonchev–Trinajstić information content (AvgIpc) is 2.20. The molecule has 0 radical (unpaired) electrons. The molecule has 0 saturated carbocycles. The summed E-state index contributed by atoms with van der Waals surface area (Å²) >= 11 is 0. The van der Waals surface area contributed by atoms with Gasteiger partial charge in [0, 0.05) is 0 Å². The predicted octanol–water partition coefficient (Wildman–Crippen LogP) is 3.01. The van der Waals surface area contributed by atoms with Gasteiger partial charge in [-0.25, -0.2) is 0 Å². The minimum atomic E-state index is 0.580. The first-order valence-corrected chi connectivity index (χ1v) is 4.64. The fourth-order valence-electron chi connectivity index (χ4n) is 1.09. The Labute approximate surface area is 85.4 Å². The van der Waals surface area contributed by atoms with E-state index < -0.39 is 0 Å². The monoisotopic (exact) mass is 186 g/mol. The van der Waals surface area contributed by atoms with Gasteiger partial charge in [0.1, 0.15) is 0 Å². The second-order valence-electron chi connectivity index (χ2n) is 3.00. The maximum atomic E-state index is 5.29. The Morgan fingerprint density at radius 1 is 1.43 bits per heavy atom. The number of terminal acetylenes is 1. The van der Waals surface area contributed by atoms with Crippen LogP contribution >= 0.6 is 0 Å². The summed E-state index contributed by atoms with van der Waals surface area (Å²) in [6.07, 6.45) is 7.16. The third kappa shape index (κ3) is 2.99. The van der Waals surface area contributed by atoms with Crippen LogP contribution in [0.1, 0.15) is 18.1 Å². The number of ether oxygens (including phenoxy) is 1. The molecule has 0 heterocycles. The third-order valence-electron chi connectivity index (χ3n) is 1.82. The van der Waals surface area contributed by atoms with Crippen molar-refractivity contribution in [3.63, 3.8) is 0 Å². The zero-order valence-corrected chi connectivity index (χ0v) is 8.58. The van der Waals surface area contributed by atoms with Crippen molar-refractivity contribution in [3.8, 4) is 12.3 Å².